The van der Waals surface area contributed by atoms with Gasteiger partial charge in [0.15, 0.2) is 0 Å². The predicted octanol–water partition coefficient (Wildman–Crippen LogP) is 3.31. The minimum Gasteiger partial charge on any atom is -0.480 e. The maximum atomic E-state index is 13.0. The quantitative estimate of drug-likeness (QED) is 0.577. The monoisotopic (exact) mass is 363 g/mol. The number of H-pyrrole nitrogens is 1. The van der Waals surface area contributed by atoms with Crippen molar-refractivity contribution in [2.24, 2.45) is 0 Å². The zero-order valence-electron chi connectivity index (χ0n) is 13.4. The van der Waals surface area contributed by atoms with Gasteiger partial charge in [-0.15, -0.1) is 5.10 Å². The van der Waals surface area contributed by atoms with Gasteiger partial charge in [-0.1, -0.05) is 11.6 Å². The highest BCUT2D eigenvalue weighted by atomic mass is 35.5. The standard InChI is InChI=1S/C15H15ClFN7O/c1-8(10-4-3-9(17)7-18-10)19-12-5-11(16)20-15(21-12)22-13-6-14(25-2)24-23-13/h3-8H,1-2H3,(H3,19,20,21,22,23,24)/t8-/m0/s1. The molecule has 0 aliphatic heterocycles. The lowest BCUT2D eigenvalue weighted by Crippen LogP contribution is -2.11. The Balaban J connectivity index is 1.75. The zero-order valence-corrected chi connectivity index (χ0v) is 14.2. The molecule has 3 aromatic heterocycles. The van der Waals surface area contributed by atoms with Gasteiger partial charge >= 0.3 is 0 Å². The van der Waals surface area contributed by atoms with Crippen LogP contribution in [-0.2, 0) is 0 Å². The van der Waals surface area contributed by atoms with Crippen LogP contribution in [0.25, 0.3) is 0 Å². The first-order chi connectivity index (χ1) is 12.0. The SMILES string of the molecule is COc1cc(Nc2nc(Cl)cc(N[C@@H](C)c3ccc(F)cn3)n2)[nH]n1. The molecule has 0 saturated carbocycles. The van der Waals surface area contributed by atoms with Crippen molar-refractivity contribution in [3.05, 3.63) is 47.1 Å². The molecule has 0 bridgehead atoms. The molecule has 0 radical (unpaired) electrons. The van der Waals surface area contributed by atoms with E-state index in [9.17, 15) is 4.39 Å². The Morgan fingerprint density at radius 2 is 2.12 bits per heavy atom. The van der Waals surface area contributed by atoms with Gasteiger partial charge < -0.3 is 15.4 Å². The molecule has 0 amide bonds. The van der Waals surface area contributed by atoms with E-state index < -0.39 is 0 Å². The van der Waals surface area contributed by atoms with Crippen LogP contribution in [0, 0.1) is 5.82 Å². The van der Waals surface area contributed by atoms with Gasteiger partial charge in [0.1, 0.15) is 22.6 Å². The molecule has 0 saturated heterocycles. The fourth-order valence-corrected chi connectivity index (χ4v) is 2.26. The van der Waals surface area contributed by atoms with E-state index in [0.29, 0.717) is 23.2 Å². The molecule has 25 heavy (non-hydrogen) atoms. The first-order valence-electron chi connectivity index (χ1n) is 7.32. The molecule has 0 spiro atoms. The number of rotatable bonds is 6. The highest BCUT2D eigenvalue weighted by Gasteiger charge is 2.11. The van der Waals surface area contributed by atoms with Crippen molar-refractivity contribution >= 4 is 29.2 Å². The Bertz CT molecular complexity index is 855. The lowest BCUT2D eigenvalue weighted by atomic mass is 10.2. The van der Waals surface area contributed by atoms with Crippen molar-refractivity contribution in [2.75, 3.05) is 17.7 Å². The molecule has 3 heterocycles. The first kappa shape index (κ1) is 16.9. The third kappa shape index (κ3) is 4.32. The summed E-state index contributed by atoms with van der Waals surface area (Å²) < 4.78 is 18.0. The highest BCUT2D eigenvalue weighted by molar-refractivity contribution is 6.29. The number of ether oxygens (including phenoxy) is 1. The zero-order chi connectivity index (χ0) is 17.8. The van der Waals surface area contributed by atoms with Crippen LogP contribution in [0.1, 0.15) is 18.7 Å². The molecule has 3 N–H and O–H groups in total. The number of anilines is 3. The predicted molar refractivity (Wildman–Crippen MR) is 91.7 cm³/mol. The molecule has 130 valence electrons. The van der Waals surface area contributed by atoms with Crippen molar-refractivity contribution < 1.29 is 9.13 Å². The molecule has 0 aromatic carbocycles. The topological polar surface area (TPSA) is 101 Å². The van der Waals surface area contributed by atoms with E-state index in [-0.39, 0.29) is 23.0 Å². The van der Waals surface area contributed by atoms with Crippen LogP contribution in [0.15, 0.2) is 30.5 Å². The number of halogens is 2. The van der Waals surface area contributed by atoms with E-state index in [1.54, 1.807) is 18.2 Å². The van der Waals surface area contributed by atoms with Crippen LogP contribution >= 0.6 is 11.6 Å². The second kappa shape index (κ2) is 7.31. The molecule has 1 atom stereocenters. The summed E-state index contributed by atoms with van der Waals surface area (Å²) in [6.45, 7) is 1.88. The molecular formula is C15H15ClFN7O. The summed E-state index contributed by atoms with van der Waals surface area (Å²) in [5.74, 6) is 1.37. The number of nitrogens with zero attached hydrogens (tertiary/aromatic N) is 4. The summed E-state index contributed by atoms with van der Waals surface area (Å²) in [6.07, 6.45) is 1.17. The summed E-state index contributed by atoms with van der Waals surface area (Å²) in [6, 6.07) is 5.99. The Labute approximate surface area is 147 Å². The van der Waals surface area contributed by atoms with E-state index >= 15 is 0 Å². The molecule has 0 unspecified atom stereocenters. The number of nitrogens with one attached hydrogen (secondary N) is 3. The highest BCUT2D eigenvalue weighted by Crippen LogP contribution is 2.22. The van der Waals surface area contributed by atoms with Gasteiger partial charge in [-0.2, -0.15) is 4.98 Å². The number of aromatic nitrogens is 5. The van der Waals surface area contributed by atoms with Gasteiger partial charge in [-0.3, -0.25) is 10.1 Å². The molecule has 0 aliphatic carbocycles. The fraction of sp³-hybridized carbons (Fsp3) is 0.200. The van der Waals surface area contributed by atoms with Crippen LogP contribution in [0.3, 0.4) is 0 Å². The van der Waals surface area contributed by atoms with Gasteiger partial charge in [-0.05, 0) is 19.1 Å². The van der Waals surface area contributed by atoms with Gasteiger partial charge in [0.25, 0.3) is 0 Å². The largest absolute Gasteiger partial charge is 0.480 e. The Morgan fingerprint density at radius 3 is 2.80 bits per heavy atom. The van der Waals surface area contributed by atoms with E-state index in [4.69, 9.17) is 16.3 Å². The third-order valence-corrected chi connectivity index (χ3v) is 3.46. The maximum absolute atomic E-state index is 13.0. The van der Waals surface area contributed by atoms with Gasteiger partial charge in [-0.25, -0.2) is 9.37 Å². The van der Waals surface area contributed by atoms with Crippen molar-refractivity contribution in [3.8, 4) is 5.88 Å². The molecule has 0 aliphatic rings. The number of pyridine rings is 1. The maximum Gasteiger partial charge on any atom is 0.234 e. The molecule has 8 nitrogen and oxygen atoms in total. The van der Waals surface area contributed by atoms with Crippen molar-refractivity contribution in [3.63, 3.8) is 0 Å². The van der Waals surface area contributed by atoms with E-state index in [1.165, 1.54) is 19.4 Å². The summed E-state index contributed by atoms with van der Waals surface area (Å²) in [5.41, 5.74) is 0.670. The Morgan fingerprint density at radius 1 is 1.28 bits per heavy atom. The van der Waals surface area contributed by atoms with E-state index in [2.05, 4.69) is 35.8 Å². The normalized spacial score (nSPS) is 11.8. The molecule has 3 aromatic rings. The minimum absolute atomic E-state index is 0.202. The average Bonchev–Trinajstić information content (AvgIpc) is 3.02. The van der Waals surface area contributed by atoms with Crippen molar-refractivity contribution in [1.29, 1.82) is 0 Å². The molecule has 3 rings (SSSR count). The molecule has 10 heteroatoms. The number of aromatic amines is 1. The van der Waals surface area contributed by atoms with Gasteiger partial charge in [0, 0.05) is 12.1 Å². The summed E-state index contributed by atoms with van der Waals surface area (Å²) in [5, 5.41) is 13.0. The summed E-state index contributed by atoms with van der Waals surface area (Å²) in [4.78, 5) is 12.5. The second-order valence-corrected chi connectivity index (χ2v) is 5.50. The van der Waals surface area contributed by atoms with Gasteiger partial charge in [0.2, 0.25) is 11.8 Å². The Hall–Kier alpha value is -2.94. The molecule has 0 fully saturated rings. The lowest BCUT2D eigenvalue weighted by Gasteiger charge is -2.14. The van der Waals surface area contributed by atoms with Crippen LogP contribution in [0.2, 0.25) is 5.15 Å². The second-order valence-electron chi connectivity index (χ2n) is 5.12. The number of hydrogen-bond donors (Lipinski definition) is 3. The lowest BCUT2D eigenvalue weighted by molar-refractivity contribution is 0.397. The van der Waals surface area contributed by atoms with E-state index in [1.807, 2.05) is 6.92 Å². The van der Waals surface area contributed by atoms with Crippen LogP contribution < -0.4 is 15.4 Å². The van der Waals surface area contributed by atoms with Gasteiger partial charge in [0.05, 0.1) is 25.0 Å². The Kier molecular flexibility index (Phi) is 4.94. The smallest absolute Gasteiger partial charge is 0.234 e. The summed E-state index contributed by atoms with van der Waals surface area (Å²) in [7, 11) is 1.52. The fourth-order valence-electron chi connectivity index (χ4n) is 2.08. The minimum atomic E-state index is -0.387. The summed E-state index contributed by atoms with van der Waals surface area (Å²) >= 11 is 6.05. The van der Waals surface area contributed by atoms with E-state index in [0.717, 1.165) is 0 Å². The van der Waals surface area contributed by atoms with Crippen LogP contribution in [0.4, 0.5) is 22.0 Å². The third-order valence-electron chi connectivity index (χ3n) is 3.26. The first-order valence-corrected chi connectivity index (χ1v) is 7.70. The van der Waals surface area contributed by atoms with Crippen LogP contribution in [-0.4, -0.2) is 32.3 Å². The van der Waals surface area contributed by atoms with Crippen LogP contribution in [0.5, 0.6) is 5.88 Å². The average molecular weight is 364 g/mol. The number of methoxy groups -OCH3 is 1. The number of hydrogen-bond acceptors (Lipinski definition) is 7. The molecular weight excluding hydrogens is 349 g/mol. The van der Waals surface area contributed by atoms with Crippen molar-refractivity contribution in [2.45, 2.75) is 13.0 Å². The van der Waals surface area contributed by atoms with Crippen molar-refractivity contribution in [1.82, 2.24) is 25.1 Å².